The average molecular weight is 309 g/mol. The van der Waals surface area contributed by atoms with E-state index in [9.17, 15) is 4.79 Å². The van der Waals surface area contributed by atoms with E-state index in [-0.39, 0.29) is 24.6 Å². The van der Waals surface area contributed by atoms with Gasteiger partial charge in [-0.2, -0.15) is 5.10 Å². The maximum atomic E-state index is 12.7. The first kappa shape index (κ1) is 16.6. The van der Waals surface area contributed by atoms with E-state index in [0.717, 1.165) is 5.69 Å². The van der Waals surface area contributed by atoms with Gasteiger partial charge in [-0.15, -0.1) is 0 Å². The van der Waals surface area contributed by atoms with Crippen LogP contribution in [0.4, 0.5) is 5.69 Å². The van der Waals surface area contributed by atoms with Gasteiger partial charge in [-0.05, 0) is 19.1 Å². The summed E-state index contributed by atoms with van der Waals surface area (Å²) in [5.74, 6) is -0.215. The number of carbonyl (C=O) groups is 1. The van der Waals surface area contributed by atoms with Crippen LogP contribution < -0.4 is 5.43 Å². The number of aliphatic hydroxyl groups excluding tert-OH is 1. The molecule has 0 heterocycles. The zero-order chi connectivity index (χ0) is 16.5. The van der Waals surface area contributed by atoms with Gasteiger partial charge >= 0.3 is 0 Å². The third kappa shape index (κ3) is 4.86. The van der Waals surface area contributed by atoms with E-state index >= 15 is 0 Å². The number of aliphatic imine (C=N–C) groups is 1. The van der Waals surface area contributed by atoms with Gasteiger partial charge in [0.25, 0.3) is 0 Å². The predicted octanol–water partition coefficient (Wildman–Crippen LogP) is 2.79. The summed E-state index contributed by atoms with van der Waals surface area (Å²) in [5, 5.41) is 13.1. The fourth-order valence-corrected chi connectivity index (χ4v) is 1.95. The lowest BCUT2D eigenvalue weighted by Gasteiger charge is -2.07. The molecule has 0 amide bonds. The number of anilines is 1. The SMILES string of the molecule is CC(=NCCO)/C(=N\Nc1ccccc1)C(=O)c1ccccc1. The summed E-state index contributed by atoms with van der Waals surface area (Å²) in [5.41, 5.74) is 4.91. The highest BCUT2D eigenvalue weighted by Gasteiger charge is 2.17. The van der Waals surface area contributed by atoms with Crippen molar-refractivity contribution in [3.05, 3.63) is 66.2 Å². The maximum absolute atomic E-state index is 12.7. The lowest BCUT2D eigenvalue weighted by atomic mass is 10.0. The number of rotatable bonds is 7. The van der Waals surface area contributed by atoms with Crippen LogP contribution in [0, 0.1) is 0 Å². The summed E-state index contributed by atoms with van der Waals surface area (Å²) in [6, 6.07) is 18.3. The Labute approximate surface area is 135 Å². The van der Waals surface area contributed by atoms with Gasteiger partial charge in [0, 0.05) is 5.56 Å². The number of hydrogen-bond acceptors (Lipinski definition) is 5. The van der Waals surface area contributed by atoms with Gasteiger partial charge in [0.2, 0.25) is 5.78 Å². The van der Waals surface area contributed by atoms with Crippen LogP contribution in [-0.2, 0) is 0 Å². The molecule has 0 unspecified atom stereocenters. The number of nitrogens with zero attached hydrogens (tertiary/aromatic N) is 2. The average Bonchev–Trinajstić information content (AvgIpc) is 2.61. The molecule has 118 valence electrons. The minimum Gasteiger partial charge on any atom is -0.394 e. The summed E-state index contributed by atoms with van der Waals surface area (Å²) in [7, 11) is 0. The van der Waals surface area contributed by atoms with Crippen LogP contribution in [-0.4, -0.2) is 35.5 Å². The highest BCUT2D eigenvalue weighted by molar-refractivity contribution is 6.70. The number of ketones is 1. The van der Waals surface area contributed by atoms with E-state index < -0.39 is 0 Å². The Morgan fingerprint density at radius 1 is 1.04 bits per heavy atom. The van der Waals surface area contributed by atoms with Crippen LogP contribution >= 0.6 is 0 Å². The smallest absolute Gasteiger partial charge is 0.215 e. The number of para-hydroxylation sites is 1. The quantitative estimate of drug-likeness (QED) is 0.469. The molecule has 0 aliphatic heterocycles. The summed E-state index contributed by atoms with van der Waals surface area (Å²) in [4.78, 5) is 16.8. The third-order valence-corrected chi connectivity index (χ3v) is 3.11. The van der Waals surface area contributed by atoms with Crippen molar-refractivity contribution in [2.75, 3.05) is 18.6 Å². The van der Waals surface area contributed by atoms with Crippen LogP contribution in [0.5, 0.6) is 0 Å². The molecule has 0 saturated carbocycles. The van der Waals surface area contributed by atoms with Crippen molar-refractivity contribution in [3.63, 3.8) is 0 Å². The standard InChI is InChI=1S/C18H19N3O2/c1-14(19-12-13-22)17(18(23)15-8-4-2-5-9-15)21-20-16-10-6-3-7-11-16/h2-11,20,22H,12-13H2,1H3/b19-14?,21-17+. The molecule has 23 heavy (non-hydrogen) atoms. The summed E-state index contributed by atoms with van der Waals surface area (Å²) in [6.07, 6.45) is 0. The van der Waals surface area contributed by atoms with Crippen molar-refractivity contribution in [1.82, 2.24) is 0 Å². The molecule has 2 N–H and O–H groups in total. The van der Waals surface area contributed by atoms with Gasteiger partial charge in [0.1, 0.15) is 0 Å². The molecule has 2 aromatic carbocycles. The Bertz CT molecular complexity index is 695. The second kappa shape index (κ2) is 8.60. The van der Waals surface area contributed by atoms with Gasteiger partial charge in [-0.25, -0.2) is 0 Å². The zero-order valence-corrected chi connectivity index (χ0v) is 12.9. The van der Waals surface area contributed by atoms with Gasteiger partial charge in [0.05, 0.1) is 24.6 Å². The molecule has 0 bridgehead atoms. The zero-order valence-electron chi connectivity index (χ0n) is 12.9. The largest absolute Gasteiger partial charge is 0.394 e. The molecule has 0 aliphatic rings. The maximum Gasteiger partial charge on any atom is 0.215 e. The molecular weight excluding hydrogens is 290 g/mol. The second-order valence-corrected chi connectivity index (χ2v) is 4.82. The van der Waals surface area contributed by atoms with Crippen molar-refractivity contribution in [1.29, 1.82) is 0 Å². The minimum absolute atomic E-state index is 0.0732. The number of hydrogen-bond donors (Lipinski definition) is 2. The lowest BCUT2D eigenvalue weighted by Crippen LogP contribution is -2.24. The molecule has 2 rings (SSSR count). The fraction of sp³-hybridized carbons (Fsp3) is 0.167. The Hall–Kier alpha value is -2.79. The Kier molecular flexibility index (Phi) is 6.20. The topological polar surface area (TPSA) is 74.1 Å². The van der Waals surface area contributed by atoms with Gasteiger partial charge in [-0.1, -0.05) is 48.5 Å². The van der Waals surface area contributed by atoms with Crippen LogP contribution in [0.3, 0.4) is 0 Å². The van der Waals surface area contributed by atoms with E-state index in [4.69, 9.17) is 5.11 Å². The molecule has 0 radical (unpaired) electrons. The number of Topliss-reactive ketones (excluding diaryl/α,β-unsaturated/α-hetero) is 1. The molecule has 0 spiro atoms. The van der Waals surface area contributed by atoms with E-state index in [2.05, 4.69) is 15.5 Å². The van der Waals surface area contributed by atoms with Crippen LogP contribution in [0.15, 0.2) is 70.8 Å². The third-order valence-electron chi connectivity index (χ3n) is 3.11. The molecule has 0 saturated heterocycles. The summed E-state index contributed by atoms with van der Waals surface area (Å²) >= 11 is 0. The highest BCUT2D eigenvalue weighted by atomic mass is 16.3. The first-order valence-electron chi connectivity index (χ1n) is 7.33. The van der Waals surface area contributed by atoms with E-state index in [1.807, 2.05) is 36.4 Å². The van der Waals surface area contributed by atoms with Gasteiger partial charge in [-0.3, -0.25) is 15.2 Å². The number of carbonyl (C=O) groups excluding carboxylic acids is 1. The fourth-order valence-electron chi connectivity index (χ4n) is 1.95. The molecule has 0 fully saturated rings. The minimum atomic E-state index is -0.215. The molecule has 0 aliphatic carbocycles. The monoisotopic (exact) mass is 309 g/mol. The van der Waals surface area contributed by atoms with Crippen molar-refractivity contribution in [3.8, 4) is 0 Å². The number of benzene rings is 2. The van der Waals surface area contributed by atoms with E-state index in [1.165, 1.54) is 0 Å². The molecule has 0 aromatic heterocycles. The molecule has 0 atom stereocenters. The van der Waals surface area contributed by atoms with Crippen molar-refractivity contribution < 1.29 is 9.90 Å². The van der Waals surface area contributed by atoms with E-state index in [1.54, 1.807) is 31.2 Å². The summed E-state index contributed by atoms with van der Waals surface area (Å²) < 4.78 is 0. The highest BCUT2D eigenvalue weighted by Crippen LogP contribution is 2.07. The first-order valence-corrected chi connectivity index (χ1v) is 7.33. The second-order valence-electron chi connectivity index (χ2n) is 4.82. The van der Waals surface area contributed by atoms with Crippen molar-refractivity contribution in [2.24, 2.45) is 10.1 Å². The first-order chi connectivity index (χ1) is 11.2. The lowest BCUT2D eigenvalue weighted by molar-refractivity contribution is 0.106. The molecule has 5 heteroatoms. The van der Waals surface area contributed by atoms with E-state index in [0.29, 0.717) is 11.3 Å². The number of hydrazone groups is 1. The molecule has 2 aromatic rings. The van der Waals surface area contributed by atoms with Crippen molar-refractivity contribution in [2.45, 2.75) is 6.92 Å². The molecular formula is C18H19N3O2. The summed E-state index contributed by atoms with van der Waals surface area (Å²) in [6.45, 7) is 1.87. The Balaban J connectivity index is 2.30. The van der Waals surface area contributed by atoms with Crippen LogP contribution in [0.2, 0.25) is 0 Å². The van der Waals surface area contributed by atoms with Crippen LogP contribution in [0.25, 0.3) is 0 Å². The normalized spacial score (nSPS) is 12.1. The van der Waals surface area contributed by atoms with Crippen molar-refractivity contribution >= 4 is 22.9 Å². The predicted molar refractivity (Wildman–Crippen MR) is 93.3 cm³/mol. The Morgan fingerprint density at radius 3 is 2.26 bits per heavy atom. The molecule has 5 nitrogen and oxygen atoms in total. The van der Waals surface area contributed by atoms with Gasteiger partial charge < -0.3 is 5.11 Å². The number of aliphatic hydroxyl groups is 1. The number of nitrogens with one attached hydrogen (secondary N) is 1. The van der Waals surface area contributed by atoms with Gasteiger partial charge in [0.15, 0.2) is 5.71 Å². The van der Waals surface area contributed by atoms with Crippen LogP contribution in [0.1, 0.15) is 17.3 Å². The Morgan fingerprint density at radius 2 is 1.65 bits per heavy atom.